The average molecular weight is 588 g/mol. The lowest BCUT2D eigenvalue weighted by atomic mass is 9.96. The number of rotatable bonds is 6. The van der Waals surface area contributed by atoms with Gasteiger partial charge in [0.2, 0.25) is 0 Å². The molecule has 2 aliphatic rings. The number of benzene rings is 1. The number of carbonyl (C=O) groups is 1. The molecule has 0 saturated carbocycles. The van der Waals surface area contributed by atoms with Crippen LogP contribution in [0.4, 0.5) is 5.88 Å². The van der Waals surface area contributed by atoms with Crippen LogP contribution in [0.25, 0.3) is 6.08 Å². The van der Waals surface area contributed by atoms with Gasteiger partial charge >= 0.3 is 5.97 Å². The van der Waals surface area contributed by atoms with E-state index in [-0.39, 0.29) is 12.2 Å². The minimum atomic E-state index is -0.708. The molecule has 37 heavy (non-hydrogen) atoms. The van der Waals surface area contributed by atoms with Gasteiger partial charge in [0.25, 0.3) is 5.56 Å². The van der Waals surface area contributed by atoms with Crippen molar-refractivity contribution in [2.45, 2.75) is 19.9 Å². The van der Waals surface area contributed by atoms with Crippen LogP contribution in [-0.2, 0) is 14.3 Å². The Hall–Kier alpha value is -3.15. The molecule has 0 aliphatic carbocycles. The van der Waals surface area contributed by atoms with Gasteiger partial charge in [-0.2, -0.15) is 0 Å². The monoisotopic (exact) mass is 587 g/mol. The number of morpholine rings is 1. The van der Waals surface area contributed by atoms with E-state index in [4.69, 9.17) is 18.6 Å². The fourth-order valence-electron chi connectivity index (χ4n) is 4.46. The van der Waals surface area contributed by atoms with Crippen molar-refractivity contribution < 1.29 is 23.4 Å². The number of fused-ring (bicyclic) bond motifs is 1. The van der Waals surface area contributed by atoms with Crippen LogP contribution in [0.15, 0.2) is 60.3 Å². The highest BCUT2D eigenvalue weighted by molar-refractivity contribution is 9.10. The van der Waals surface area contributed by atoms with Crippen LogP contribution in [0.5, 0.6) is 5.75 Å². The third kappa shape index (κ3) is 4.90. The largest absolute Gasteiger partial charge is 0.496 e. The highest BCUT2D eigenvalue weighted by Gasteiger charge is 2.33. The molecule has 5 rings (SSSR count). The van der Waals surface area contributed by atoms with E-state index in [0.29, 0.717) is 49.8 Å². The molecule has 1 saturated heterocycles. The summed E-state index contributed by atoms with van der Waals surface area (Å²) in [6, 6.07) is 8.51. The highest BCUT2D eigenvalue weighted by Crippen LogP contribution is 2.35. The van der Waals surface area contributed by atoms with Gasteiger partial charge in [0.05, 0.1) is 53.2 Å². The number of esters is 1. The van der Waals surface area contributed by atoms with E-state index < -0.39 is 12.0 Å². The third-order valence-corrected chi connectivity index (χ3v) is 7.82. The van der Waals surface area contributed by atoms with Crippen molar-refractivity contribution in [1.29, 1.82) is 0 Å². The Morgan fingerprint density at radius 1 is 1.27 bits per heavy atom. The summed E-state index contributed by atoms with van der Waals surface area (Å²) in [7, 11) is 1.58. The number of methoxy groups -OCH3 is 1. The molecule has 0 bridgehead atoms. The molecule has 0 radical (unpaired) electrons. The van der Waals surface area contributed by atoms with Gasteiger partial charge in [-0.1, -0.05) is 17.4 Å². The molecule has 1 fully saturated rings. The quantitative estimate of drug-likeness (QED) is 0.409. The topological polar surface area (TPSA) is 95.5 Å². The Morgan fingerprint density at radius 2 is 2.05 bits per heavy atom. The fraction of sp³-hybridized carbons (Fsp3) is 0.346. The fourth-order valence-corrected chi connectivity index (χ4v) is 6.05. The number of hydrogen-bond acceptors (Lipinski definition) is 9. The van der Waals surface area contributed by atoms with Crippen molar-refractivity contribution >= 4 is 45.2 Å². The zero-order valence-electron chi connectivity index (χ0n) is 20.7. The van der Waals surface area contributed by atoms with Crippen LogP contribution in [0.2, 0.25) is 0 Å². The van der Waals surface area contributed by atoms with Crippen LogP contribution < -0.4 is 24.5 Å². The molecule has 1 unspecified atom stereocenters. The Morgan fingerprint density at radius 3 is 2.76 bits per heavy atom. The van der Waals surface area contributed by atoms with E-state index in [0.717, 1.165) is 24.5 Å². The van der Waals surface area contributed by atoms with Crippen LogP contribution in [0, 0.1) is 0 Å². The number of nitrogens with zero attached hydrogens (tertiary/aromatic N) is 3. The summed E-state index contributed by atoms with van der Waals surface area (Å²) < 4.78 is 24.9. The number of allylic oxidation sites excluding steroid dienone is 1. The third-order valence-electron chi connectivity index (χ3n) is 6.22. The van der Waals surface area contributed by atoms with Crippen LogP contribution in [-0.4, -0.2) is 50.6 Å². The molecule has 4 heterocycles. The maximum Gasteiger partial charge on any atom is 0.338 e. The van der Waals surface area contributed by atoms with Crippen LogP contribution >= 0.6 is 27.3 Å². The predicted molar refractivity (Wildman–Crippen MR) is 143 cm³/mol. The molecule has 3 aromatic rings. The summed E-state index contributed by atoms with van der Waals surface area (Å²) in [5, 5.41) is 0. The first-order chi connectivity index (χ1) is 17.9. The second-order valence-corrected chi connectivity index (χ2v) is 10.3. The summed E-state index contributed by atoms with van der Waals surface area (Å²) in [4.78, 5) is 34.0. The number of carbonyl (C=O) groups excluding carboxylic acids is 1. The van der Waals surface area contributed by atoms with Gasteiger partial charge in [-0.05, 0) is 53.5 Å². The number of aromatic nitrogens is 1. The highest BCUT2D eigenvalue weighted by atomic mass is 79.9. The van der Waals surface area contributed by atoms with Crippen molar-refractivity contribution in [2.24, 2.45) is 4.99 Å². The molecule has 0 N–H and O–H groups in total. The first kappa shape index (κ1) is 25.5. The van der Waals surface area contributed by atoms with Gasteiger partial charge < -0.3 is 23.5 Å². The molecule has 11 heteroatoms. The minimum Gasteiger partial charge on any atom is -0.496 e. The Balaban J connectivity index is 1.62. The predicted octanol–water partition coefficient (Wildman–Crippen LogP) is 3.00. The second-order valence-electron chi connectivity index (χ2n) is 8.47. The van der Waals surface area contributed by atoms with Crippen molar-refractivity contribution in [3.63, 3.8) is 0 Å². The van der Waals surface area contributed by atoms with E-state index >= 15 is 0 Å². The van der Waals surface area contributed by atoms with Gasteiger partial charge in [-0.25, -0.2) is 9.79 Å². The van der Waals surface area contributed by atoms with E-state index in [2.05, 4.69) is 25.8 Å². The maximum atomic E-state index is 13.8. The van der Waals surface area contributed by atoms with E-state index in [1.165, 1.54) is 11.3 Å². The molecule has 0 amide bonds. The molecular formula is C26H26BrN3O6S. The number of thiazole rings is 1. The lowest BCUT2D eigenvalue weighted by Gasteiger charge is -2.26. The molecule has 2 aliphatic heterocycles. The summed E-state index contributed by atoms with van der Waals surface area (Å²) >= 11 is 4.78. The van der Waals surface area contributed by atoms with Crippen LogP contribution in [0.3, 0.4) is 0 Å². The lowest BCUT2D eigenvalue weighted by Crippen LogP contribution is -2.39. The standard InChI is InChI=1S/C26H26BrN3O6S/c1-4-35-25(32)22-15(2)28-26-30(23(22)16-5-7-19(33-3)18(27)13-16)24(31)20(37-26)14-17-6-8-21(36-17)29-9-11-34-12-10-29/h5-8,13-14,23H,4,9-12H2,1-3H3. The van der Waals surface area contributed by atoms with Crippen molar-refractivity contribution in [3.8, 4) is 5.75 Å². The van der Waals surface area contributed by atoms with Gasteiger partial charge in [-0.3, -0.25) is 9.36 Å². The second kappa shape index (κ2) is 10.7. The van der Waals surface area contributed by atoms with E-state index in [9.17, 15) is 9.59 Å². The molecule has 194 valence electrons. The van der Waals surface area contributed by atoms with E-state index in [1.807, 2.05) is 24.3 Å². The first-order valence-corrected chi connectivity index (χ1v) is 13.5. The number of furan rings is 1. The first-order valence-electron chi connectivity index (χ1n) is 11.9. The van der Waals surface area contributed by atoms with Gasteiger partial charge in [0.1, 0.15) is 11.5 Å². The zero-order chi connectivity index (χ0) is 26.1. The summed E-state index contributed by atoms with van der Waals surface area (Å²) in [5.74, 6) is 1.44. The molecular weight excluding hydrogens is 562 g/mol. The van der Waals surface area contributed by atoms with Crippen molar-refractivity contribution in [1.82, 2.24) is 4.57 Å². The Bertz CT molecular complexity index is 1550. The van der Waals surface area contributed by atoms with Gasteiger partial charge in [0, 0.05) is 25.2 Å². The average Bonchev–Trinajstić information content (AvgIpc) is 3.48. The molecule has 9 nitrogen and oxygen atoms in total. The van der Waals surface area contributed by atoms with Crippen molar-refractivity contribution in [3.05, 3.63) is 77.1 Å². The maximum absolute atomic E-state index is 13.8. The smallest absolute Gasteiger partial charge is 0.338 e. The van der Waals surface area contributed by atoms with E-state index in [1.54, 1.807) is 37.7 Å². The summed E-state index contributed by atoms with van der Waals surface area (Å²) in [6.45, 7) is 6.52. The summed E-state index contributed by atoms with van der Waals surface area (Å²) in [6.07, 6.45) is 1.72. The van der Waals surface area contributed by atoms with Crippen LogP contribution in [0.1, 0.15) is 31.2 Å². The van der Waals surface area contributed by atoms with Gasteiger partial charge in [-0.15, -0.1) is 0 Å². The number of ether oxygens (including phenoxy) is 3. The summed E-state index contributed by atoms with van der Waals surface area (Å²) in [5.41, 5.74) is 1.30. The molecule has 0 spiro atoms. The molecule has 1 atom stereocenters. The lowest BCUT2D eigenvalue weighted by molar-refractivity contribution is -0.139. The van der Waals surface area contributed by atoms with Gasteiger partial charge in [0.15, 0.2) is 10.7 Å². The number of halogens is 1. The normalized spacial score (nSPS) is 18.0. The Labute approximate surface area is 225 Å². The number of hydrogen-bond donors (Lipinski definition) is 0. The number of anilines is 1. The molecule has 2 aromatic heterocycles. The SMILES string of the molecule is CCOC(=O)C1=C(C)N=c2sc(=Cc3ccc(N4CCOCC4)o3)c(=O)n2C1c1ccc(OC)c(Br)c1. The molecule has 1 aromatic carbocycles. The van der Waals surface area contributed by atoms with Crippen molar-refractivity contribution in [2.75, 3.05) is 44.9 Å². The zero-order valence-corrected chi connectivity index (χ0v) is 23.1. The minimum absolute atomic E-state index is 0.211. The Kier molecular flexibility index (Phi) is 7.36.